The number of nitriles is 1. The van der Waals surface area contributed by atoms with Gasteiger partial charge in [-0.2, -0.15) is 5.26 Å². The zero-order chi connectivity index (χ0) is 23.4. The molecule has 0 bridgehead atoms. The molecule has 1 aromatic heterocycles. The minimum Gasteiger partial charge on any atom is -0.443 e. The summed E-state index contributed by atoms with van der Waals surface area (Å²) in [7, 11) is 0. The largest absolute Gasteiger partial charge is 0.443 e. The monoisotopic (exact) mass is 495 g/mol. The van der Waals surface area contributed by atoms with Crippen LogP contribution in [0.2, 0.25) is 0 Å². The van der Waals surface area contributed by atoms with Crippen LogP contribution in [0.3, 0.4) is 0 Å². The van der Waals surface area contributed by atoms with Crippen LogP contribution in [-0.4, -0.2) is 16.4 Å². The molecule has 0 radical (unpaired) electrons. The van der Waals surface area contributed by atoms with E-state index >= 15 is 0 Å². The molecule has 1 amide bonds. The van der Waals surface area contributed by atoms with E-state index in [0.717, 1.165) is 33.7 Å². The number of carbonyl (C=O) groups excluding carboxylic acids is 2. The summed E-state index contributed by atoms with van der Waals surface area (Å²) in [5.74, 6) is -2.45. The zero-order valence-electron chi connectivity index (χ0n) is 17.3. The molecule has 3 aromatic rings. The van der Waals surface area contributed by atoms with E-state index in [1.54, 1.807) is 0 Å². The van der Waals surface area contributed by atoms with Gasteiger partial charge in [0.15, 0.2) is 0 Å². The Morgan fingerprint density at radius 1 is 1.16 bits per heavy atom. The number of nitrogens with zero attached hydrogens (tertiary/aromatic N) is 2. The summed E-state index contributed by atoms with van der Waals surface area (Å²) >= 11 is 3.41. The quantitative estimate of drug-likeness (QED) is 0.305. The van der Waals surface area contributed by atoms with Gasteiger partial charge in [-0.1, -0.05) is 28.1 Å². The molecule has 2 aromatic carbocycles. The van der Waals surface area contributed by atoms with E-state index in [-0.39, 0.29) is 11.1 Å². The molecule has 2 N–H and O–H groups in total. The Kier molecular flexibility index (Phi) is 6.91. The maximum Gasteiger partial charge on any atom is 0.350 e. The van der Waals surface area contributed by atoms with Crippen molar-refractivity contribution in [1.29, 1.82) is 5.26 Å². The second kappa shape index (κ2) is 9.62. The first-order chi connectivity index (χ1) is 15.2. The average molecular weight is 496 g/mol. The summed E-state index contributed by atoms with van der Waals surface area (Å²) in [4.78, 5) is 24.5. The Hall–Kier alpha value is -3.70. The van der Waals surface area contributed by atoms with Gasteiger partial charge in [-0.25, -0.2) is 9.18 Å². The predicted octanol–water partition coefficient (Wildman–Crippen LogP) is 4.67. The van der Waals surface area contributed by atoms with Crippen LogP contribution < -0.4 is 5.73 Å². The topological polar surface area (TPSA) is 98.1 Å². The van der Waals surface area contributed by atoms with Crippen LogP contribution in [0.1, 0.15) is 28.6 Å². The van der Waals surface area contributed by atoms with Gasteiger partial charge in [-0.15, -0.1) is 0 Å². The third kappa shape index (κ3) is 4.95. The third-order valence-corrected chi connectivity index (χ3v) is 5.38. The van der Waals surface area contributed by atoms with Gasteiger partial charge in [-0.05, 0) is 68.0 Å². The number of primary amides is 1. The molecule has 0 spiro atoms. The van der Waals surface area contributed by atoms with E-state index in [4.69, 9.17) is 10.5 Å². The van der Waals surface area contributed by atoms with Crippen molar-refractivity contribution >= 4 is 33.9 Å². The summed E-state index contributed by atoms with van der Waals surface area (Å²) in [6.45, 7) is 3.78. The number of benzene rings is 2. The number of carbonyl (C=O) groups is 2. The molecule has 1 unspecified atom stereocenters. The fraction of sp³-hybridized carbons (Fsp3) is 0.125. The lowest BCUT2D eigenvalue weighted by atomic mass is 10.1. The number of ether oxygens (including phenoxy) is 1. The first-order valence-corrected chi connectivity index (χ1v) is 10.3. The molecular formula is C24H19BrFN3O3. The second-order valence-corrected chi connectivity index (χ2v) is 7.96. The number of aryl methyl sites for hydroxylation is 1. The van der Waals surface area contributed by atoms with Crippen molar-refractivity contribution in [3.8, 4) is 11.8 Å². The lowest BCUT2D eigenvalue weighted by molar-refractivity contribution is -0.151. The first-order valence-electron chi connectivity index (χ1n) is 9.53. The van der Waals surface area contributed by atoms with Crippen LogP contribution in [0.15, 0.2) is 64.6 Å². The average Bonchev–Trinajstić information content (AvgIpc) is 3.04. The highest BCUT2D eigenvalue weighted by Gasteiger charge is 2.25. The normalized spacial score (nSPS) is 12.2. The van der Waals surface area contributed by atoms with E-state index in [1.165, 1.54) is 18.2 Å². The molecule has 162 valence electrons. The lowest BCUT2D eigenvalue weighted by Crippen LogP contribution is -2.26. The fourth-order valence-electron chi connectivity index (χ4n) is 3.31. The summed E-state index contributed by atoms with van der Waals surface area (Å²) in [5.41, 5.74) is 8.56. The van der Waals surface area contributed by atoms with Gasteiger partial charge in [-0.3, -0.25) is 4.79 Å². The van der Waals surface area contributed by atoms with Crippen molar-refractivity contribution in [3.63, 3.8) is 0 Å². The Bertz CT molecular complexity index is 1240. The summed E-state index contributed by atoms with van der Waals surface area (Å²) in [6.07, 6.45) is -0.0435. The van der Waals surface area contributed by atoms with Gasteiger partial charge < -0.3 is 15.0 Å². The minimum atomic E-state index is -1.45. The number of esters is 1. The molecule has 8 heteroatoms. The van der Waals surface area contributed by atoms with Crippen molar-refractivity contribution in [2.24, 2.45) is 5.73 Å². The van der Waals surface area contributed by atoms with E-state index in [9.17, 15) is 19.2 Å². The van der Waals surface area contributed by atoms with Crippen LogP contribution >= 0.6 is 15.9 Å². The number of aromatic nitrogens is 1. The van der Waals surface area contributed by atoms with Gasteiger partial charge in [0.25, 0.3) is 5.91 Å². The Morgan fingerprint density at radius 3 is 2.34 bits per heavy atom. The highest BCUT2D eigenvalue weighted by molar-refractivity contribution is 9.10. The van der Waals surface area contributed by atoms with Crippen molar-refractivity contribution in [3.05, 3.63) is 93.0 Å². The fourth-order valence-corrected chi connectivity index (χ4v) is 3.58. The van der Waals surface area contributed by atoms with Crippen molar-refractivity contribution in [1.82, 2.24) is 4.57 Å². The maximum absolute atomic E-state index is 13.2. The molecule has 1 atom stereocenters. The Labute approximate surface area is 192 Å². The van der Waals surface area contributed by atoms with Crippen LogP contribution in [0.25, 0.3) is 11.8 Å². The van der Waals surface area contributed by atoms with Crippen LogP contribution in [0.5, 0.6) is 0 Å². The van der Waals surface area contributed by atoms with E-state index in [2.05, 4.69) is 15.9 Å². The number of nitrogens with two attached hydrogens (primary N) is 1. The number of halogens is 2. The second-order valence-electron chi connectivity index (χ2n) is 7.05. The Balaban J connectivity index is 1.91. The zero-order valence-corrected chi connectivity index (χ0v) is 18.9. The maximum atomic E-state index is 13.2. The summed E-state index contributed by atoms with van der Waals surface area (Å²) in [5, 5.41) is 9.53. The van der Waals surface area contributed by atoms with Gasteiger partial charge in [0.05, 0.1) is 0 Å². The highest BCUT2D eigenvalue weighted by atomic mass is 79.9. The number of amides is 1. The van der Waals surface area contributed by atoms with Crippen molar-refractivity contribution in [2.45, 2.75) is 20.0 Å². The number of hydrogen-bond donors (Lipinski definition) is 1. The van der Waals surface area contributed by atoms with Crippen LogP contribution in [-0.2, 0) is 14.3 Å². The SMILES string of the molecule is Cc1cc(C=C(C#N)C(=O)OC(C(N)=O)c2ccc(F)cc2)c(C)n1-c1ccc(Br)cc1. The van der Waals surface area contributed by atoms with Crippen molar-refractivity contribution < 1.29 is 18.7 Å². The molecular weight excluding hydrogens is 477 g/mol. The standard InChI is InChI=1S/C24H19BrFN3O3/c1-14-11-17(15(2)29(14)21-9-5-19(25)6-10-21)12-18(13-27)24(31)32-22(23(28)30)16-3-7-20(26)8-4-16/h3-12,22H,1-2H3,(H2,28,30). The van der Waals surface area contributed by atoms with Crippen LogP contribution in [0, 0.1) is 31.0 Å². The predicted molar refractivity (Wildman–Crippen MR) is 121 cm³/mol. The van der Waals surface area contributed by atoms with Gasteiger partial charge in [0.1, 0.15) is 17.5 Å². The molecule has 0 aliphatic heterocycles. The van der Waals surface area contributed by atoms with E-state index in [0.29, 0.717) is 5.56 Å². The third-order valence-electron chi connectivity index (χ3n) is 4.85. The van der Waals surface area contributed by atoms with Gasteiger partial charge in [0.2, 0.25) is 6.10 Å². The number of hydrogen-bond acceptors (Lipinski definition) is 4. The molecule has 0 aliphatic rings. The molecule has 1 heterocycles. The summed E-state index contributed by atoms with van der Waals surface area (Å²) in [6, 6.07) is 16.2. The molecule has 0 saturated carbocycles. The lowest BCUT2D eigenvalue weighted by Gasteiger charge is -2.14. The van der Waals surface area contributed by atoms with E-state index in [1.807, 2.05) is 54.8 Å². The summed E-state index contributed by atoms with van der Waals surface area (Å²) < 4.78 is 21.3. The molecule has 3 rings (SSSR count). The van der Waals surface area contributed by atoms with Crippen molar-refractivity contribution in [2.75, 3.05) is 0 Å². The van der Waals surface area contributed by atoms with Gasteiger partial charge >= 0.3 is 5.97 Å². The highest BCUT2D eigenvalue weighted by Crippen LogP contribution is 2.25. The van der Waals surface area contributed by atoms with Crippen LogP contribution in [0.4, 0.5) is 4.39 Å². The molecule has 0 saturated heterocycles. The molecule has 6 nitrogen and oxygen atoms in total. The smallest absolute Gasteiger partial charge is 0.350 e. The molecule has 0 aliphatic carbocycles. The minimum absolute atomic E-state index is 0.206. The number of rotatable bonds is 6. The molecule has 32 heavy (non-hydrogen) atoms. The molecule has 0 fully saturated rings. The first kappa shape index (κ1) is 23.0. The van der Waals surface area contributed by atoms with E-state index < -0.39 is 23.8 Å². The van der Waals surface area contributed by atoms with Gasteiger partial charge in [0, 0.05) is 27.1 Å². The Morgan fingerprint density at radius 2 is 1.78 bits per heavy atom.